The maximum absolute atomic E-state index is 8.70. The summed E-state index contributed by atoms with van der Waals surface area (Å²) in [5, 5.41) is 15.9. The van der Waals surface area contributed by atoms with E-state index in [1.54, 1.807) is 7.11 Å². The Bertz CT molecular complexity index is 660. The molecule has 0 heterocycles. The standard InChI is InChI=1S/C19H25ClN2O3.2ClH/c1-24-19-12-15(13-22-8-7-21-9-10-23)5-6-18(19)25-14-16-3-2-4-17(20)11-16;;/h2-6,11-12,21-23H,7-10,13-14H2,1H3;2*1H. The third kappa shape index (κ3) is 9.51. The van der Waals surface area contributed by atoms with Crippen LogP contribution in [0.25, 0.3) is 0 Å². The quantitative estimate of drug-likeness (QED) is 0.470. The van der Waals surface area contributed by atoms with Crippen LogP contribution in [0, 0.1) is 0 Å². The van der Waals surface area contributed by atoms with Crippen LogP contribution in [0.15, 0.2) is 42.5 Å². The molecular weight excluding hydrogens is 411 g/mol. The van der Waals surface area contributed by atoms with Gasteiger partial charge in [-0.2, -0.15) is 0 Å². The van der Waals surface area contributed by atoms with Crippen molar-refractivity contribution in [2.24, 2.45) is 0 Å². The van der Waals surface area contributed by atoms with Crippen LogP contribution in [0.3, 0.4) is 0 Å². The molecule has 0 aliphatic carbocycles. The van der Waals surface area contributed by atoms with Gasteiger partial charge in [0.1, 0.15) is 6.61 Å². The minimum Gasteiger partial charge on any atom is -0.493 e. The molecule has 0 saturated heterocycles. The van der Waals surface area contributed by atoms with E-state index in [0.29, 0.717) is 29.7 Å². The van der Waals surface area contributed by atoms with Crippen molar-refractivity contribution in [3.8, 4) is 11.5 Å². The van der Waals surface area contributed by atoms with Gasteiger partial charge in [-0.15, -0.1) is 24.8 Å². The third-order valence-corrected chi connectivity index (χ3v) is 3.84. The Labute approximate surface area is 178 Å². The number of aliphatic hydroxyl groups excluding tert-OH is 1. The van der Waals surface area contributed by atoms with Crippen molar-refractivity contribution in [1.82, 2.24) is 10.6 Å². The number of hydrogen-bond donors (Lipinski definition) is 3. The summed E-state index contributed by atoms with van der Waals surface area (Å²) in [4.78, 5) is 0. The van der Waals surface area contributed by atoms with E-state index in [1.807, 2.05) is 42.5 Å². The maximum atomic E-state index is 8.70. The Morgan fingerprint density at radius 1 is 0.926 bits per heavy atom. The molecule has 27 heavy (non-hydrogen) atoms. The molecule has 0 aliphatic rings. The van der Waals surface area contributed by atoms with Crippen LogP contribution >= 0.6 is 36.4 Å². The Balaban J connectivity index is 0.00000338. The highest BCUT2D eigenvalue weighted by atomic mass is 35.5. The molecule has 0 saturated carbocycles. The van der Waals surface area contributed by atoms with Crippen molar-refractivity contribution in [2.75, 3.05) is 33.4 Å². The molecule has 0 amide bonds. The summed E-state index contributed by atoms with van der Waals surface area (Å²) >= 11 is 5.99. The van der Waals surface area contributed by atoms with Crippen LogP contribution in [0.1, 0.15) is 11.1 Å². The molecule has 0 aliphatic heterocycles. The van der Waals surface area contributed by atoms with Gasteiger partial charge in [0.05, 0.1) is 13.7 Å². The number of benzene rings is 2. The fourth-order valence-corrected chi connectivity index (χ4v) is 2.56. The lowest BCUT2D eigenvalue weighted by molar-refractivity contribution is 0.284. The van der Waals surface area contributed by atoms with Gasteiger partial charge < -0.3 is 25.2 Å². The maximum Gasteiger partial charge on any atom is 0.161 e. The zero-order valence-electron chi connectivity index (χ0n) is 15.2. The highest BCUT2D eigenvalue weighted by molar-refractivity contribution is 6.30. The first kappa shape index (κ1) is 25.8. The topological polar surface area (TPSA) is 62.8 Å². The predicted molar refractivity (Wildman–Crippen MR) is 115 cm³/mol. The van der Waals surface area contributed by atoms with Crippen molar-refractivity contribution in [3.05, 3.63) is 58.6 Å². The van der Waals surface area contributed by atoms with E-state index >= 15 is 0 Å². The predicted octanol–water partition coefficient (Wildman–Crippen LogP) is 3.44. The third-order valence-electron chi connectivity index (χ3n) is 3.61. The van der Waals surface area contributed by atoms with Crippen LogP contribution in [0.4, 0.5) is 0 Å². The molecule has 0 bridgehead atoms. The summed E-state index contributed by atoms with van der Waals surface area (Å²) in [5.74, 6) is 1.41. The van der Waals surface area contributed by atoms with Gasteiger partial charge >= 0.3 is 0 Å². The number of ether oxygens (including phenoxy) is 2. The second kappa shape index (κ2) is 14.8. The van der Waals surface area contributed by atoms with Gasteiger partial charge in [-0.05, 0) is 35.4 Å². The van der Waals surface area contributed by atoms with Crippen LogP contribution < -0.4 is 20.1 Å². The zero-order chi connectivity index (χ0) is 17.9. The lowest BCUT2D eigenvalue weighted by Crippen LogP contribution is -2.28. The SMILES string of the molecule is COc1cc(CNCCNCCO)ccc1OCc1cccc(Cl)c1.Cl.Cl. The van der Waals surface area contributed by atoms with Gasteiger partial charge in [-0.3, -0.25) is 0 Å². The van der Waals surface area contributed by atoms with Crippen molar-refractivity contribution in [1.29, 1.82) is 0 Å². The summed E-state index contributed by atoms with van der Waals surface area (Å²) in [7, 11) is 1.64. The van der Waals surface area contributed by atoms with Crippen LogP contribution in [-0.2, 0) is 13.2 Å². The first-order valence-electron chi connectivity index (χ1n) is 8.29. The summed E-state index contributed by atoms with van der Waals surface area (Å²) in [6.45, 7) is 3.60. The summed E-state index contributed by atoms with van der Waals surface area (Å²) < 4.78 is 11.3. The largest absolute Gasteiger partial charge is 0.493 e. The zero-order valence-corrected chi connectivity index (χ0v) is 17.6. The average Bonchev–Trinajstić information content (AvgIpc) is 2.63. The van der Waals surface area contributed by atoms with E-state index in [0.717, 1.165) is 30.8 Å². The molecule has 0 atom stereocenters. The fraction of sp³-hybridized carbons (Fsp3) is 0.368. The molecule has 5 nitrogen and oxygen atoms in total. The number of halogens is 3. The molecule has 2 rings (SSSR count). The Hall–Kier alpha value is -1.21. The van der Waals surface area contributed by atoms with E-state index in [-0.39, 0.29) is 31.4 Å². The summed E-state index contributed by atoms with van der Waals surface area (Å²) in [5.41, 5.74) is 2.13. The Kier molecular flexibility index (Phi) is 14.1. The molecular formula is C19H27Cl3N2O3. The molecule has 0 spiro atoms. The van der Waals surface area contributed by atoms with E-state index in [9.17, 15) is 0 Å². The van der Waals surface area contributed by atoms with Crippen molar-refractivity contribution in [2.45, 2.75) is 13.2 Å². The van der Waals surface area contributed by atoms with Crippen molar-refractivity contribution < 1.29 is 14.6 Å². The van der Waals surface area contributed by atoms with Gasteiger partial charge in [0.25, 0.3) is 0 Å². The number of hydrogen-bond acceptors (Lipinski definition) is 5. The number of nitrogens with one attached hydrogen (secondary N) is 2. The van der Waals surface area contributed by atoms with E-state index < -0.39 is 0 Å². The second-order valence-electron chi connectivity index (χ2n) is 5.55. The first-order valence-corrected chi connectivity index (χ1v) is 8.67. The second-order valence-corrected chi connectivity index (χ2v) is 5.99. The van der Waals surface area contributed by atoms with Crippen LogP contribution in [0.2, 0.25) is 5.02 Å². The van der Waals surface area contributed by atoms with Crippen LogP contribution in [-0.4, -0.2) is 38.5 Å². The normalized spacial score (nSPS) is 9.89. The molecule has 2 aromatic rings. The summed E-state index contributed by atoms with van der Waals surface area (Å²) in [6, 6.07) is 13.5. The molecule has 0 unspecified atom stereocenters. The van der Waals surface area contributed by atoms with Gasteiger partial charge in [0.2, 0.25) is 0 Å². The molecule has 0 radical (unpaired) electrons. The van der Waals surface area contributed by atoms with Crippen molar-refractivity contribution in [3.63, 3.8) is 0 Å². The smallest absolute Gasteiger partial charge is 0.161 e. The Morgan fingerprint density at radius 2 is 1.70 bits per heavy atom. The molecule has 0 aromatic heterocycles. The van der Waals surface area contributed by atoms with E-state index in [1.165, 1.54) is 0 Å². The minimum atomic E-state index is 0. The van der Waals surface area contributed by atoms with E-state index in [2.05, 4.69) is 10.6 Å². The average molecular weight is 438 g/mol. The molecule has 152 valence electrons. The van der Waals surface area contributed by atoms with E-state index in [4.69, 9.17) is 26.2 Å². The first-order chi connectivity index (χ1) is 12.2. The lowest BCUT2D eigenvalue weighted by atomic mass is 10.2. The Morgan fingerprint density at radius 3 is 2.41 bits per heavy atom. The van der Waals surface area contributed by atoms with Gasteiger partial charge in [-0.25, -0.2) is 0 Å². The van der Waals surface area contributed by atoms with Gasteiger partial charge in [-0.1, -0.05) is 29.8 Å². The lowest BCUT2D eigenvalue weighted by Gasteiger charge is -2.13. The molecule has 2 aromatic carbocycles. The summed E-state index contributed by atoms with van der Waals surface area (Å²) in [6.07, 6.45) is 0. The number of aliphatic hydroxyl groups is 1. The van der Waals surface area contributed by atoms with Gasteiger partial charge in [0, 0.05) is 31.2 Å². The number of rotatable bonds is 11. The highest BCUT2D eigenvalue weighted by Gasteiger charge is 2.06. The van der Waals surface area contributed by atoms with Crippen molar-refractivity contribution >= 4 is 36.4 Å². The highest BCUT2D eigenvalue weighted by Crippen LogP contribution is 2.29. The van der Waals surface area contributed by atoms with Crippen LogP contribution in [0.5, 0.6) is 11.5 Å². The molecule has 3 N–H and O–H groups in total. The number of methoxy groups -OCH3 is 1. The van der Waals surface area contributed by atoms with Gasteiger partial charge in [0.15, 0.2) is 11.5 Å². The fourth-order valence-electron chi connectivity index (χ4n) is 2.34. The minimum absolute atomic E-state index is 0. The molecule has 0 fully saturated rings. The molecule has 8 heteroatoms. The monoisotopic (exact) mass is 436 g/mol.